The molecule has 2 rings (SSSR count). The SMILES string of the molecule is COc1ccc(S(=O)(=O)N(C)CC(=O)Nc2ccc(OC(F)(F)F)cc2)cc1. The van der Waals surface area contributed by atoms with Gasteiger partial charge in [-0.1, -0.05) is 0 Å². The molecular formula is C17H17F3N2O5S. The van der Waals surface area contributed by atoms with E-state index in [1.165, 1.54) is 50.6 Å². The van der Waals surface area contributed by atoms with Crippen LogP contribution in [-0.4, -0.2) is 45.7 Å². The Kier molecular flexibility index (Phi) is 6.52. The van der Waals surface area contributed by atoms with Crippen LogP contribution in [0.3, 0.4) is 0 Å². The molecule has 0 heterocycles. The number of likely N-dealkylation sites (N-methyl/N-ethyl adjacent to an activating group) is 1. The van der Waals surface area contributed by atoms with E-state index in [-0.39, 0.29) is 10.6 Å². The zero-order valence-electron chi connectivity index (χ0n) is 14.9. The smallest absolute Gasteiger partial charge is 0.497 e. The summed E-state index contributed by atoms with van der Waals surface area (Å²) in [7, 11) is -1.22. The first kappa shape index (κ1) is 21.5. The normalized spacial score (nSPS) is 11.9. The number of carbonyl (C=O) groups excluding carboxylic acids is 1. The highest BCUT2D eigenvalue weighted by atomic mass is 32.2. The van der Waals surface area contributed by atoms with Crippen LogP contribution in [0.2, 0.25) is 0 Å². The number of ether oxygens (including phenoxy) is 2. The molecule has 2 aromatic rings. The van der Waals surface area contributed by atoms with E-state index in [2.05, 4.69) is 10.1 Å². The minimum absolute atomic E-state index is 0.0164. The molecule has 0 saturated heterocycles. The van der Waals surface area contributed by atoms with Crippen molar-refractivity contribution in [3.8, 4) is 11.5 Å². The highest BCUT2D eigenvalue weighted by Crippen LogP contribution is 2.24. The molecule has 7 nitrogen and oxygen atoms in total. The lowest BCUT2D eigenvalue weighted by atomic mass is 10.3. The van der Waals surface area contributed by atoms with Gasteiger partial charge in [0.15, 0.2) is 0 Å². The number of anilines is 1. The van der Waals surface area contributed by atoms with Gasteiger partial charge in [0, 0.05) is 12.7 Å². The van der Waals surface area contributed by atoms with Gasteiger partial charge in [0.1, 0.15) is 11.5 Å². The molecule has 11 heteroatoms. The summed E-state index contributed by atoms with van der Waals surface area (Å²) < 4.78 is 70.9. The Bertz CT molecular complexity index is 913. The largest absolute Gasteiger partial charge is 0.573 e. The fraction of sp³-hybridized carbons (Fsp3) is 0.235. The molecule has 1 amide bonds. The zero-order valence-corrected chi connectivity index (χ0v) is 15.7. The van der Waals surface area contributed by atoms with Crippen molar-refractivity contribution in [2.75, 3.05) is 26.0 Å². The molecule has 0 fully saturated rings. The number of alkyl halides is 3. The Hall–Kier alpha value is -2.79. The number of sulfonamides is 1. The molecule has 0 unspecified atom stereocenters. The fourth-order valence-corrected chi connectivity index (χ4v) is 3.28. The Labute approximate surface area is 159 Å². The number of halogens is 3. The van der Waals surface area contributed by atoms with Crippen LogP contribution in [0.1, 0.15) is 0 Å². The number of nitrogens with one attached hydrogen (secondary N) is 1. The van der Waals surface area contributed by atoms with Crippen molar-refractivity contribution in [2.24, 2.45) is 0 Å². The van der Waals surface area contributed by atoms with E-state index >= 15 is 0 Å². The molecule has 0 radical (unpaired) electrons. The average Bonchev–Trinajstić information content (AvgIpc) is 2.62. The summed E-state index contributed by atoms with van der Waals surface area (Å²) >= 11 is 0. The van der Waals surface area contributed by atoms with Gasteiger partial charge in [-0.15, -0.1) is 13.2 Å². The van der Waals surface area contributed by atoms with Crippen molar-refractivity contribution in [2.45, 2.75) is 11.3 Å². The van der Waals surface area contributed by atoms with Crippen molar-refractivity contribution >= 4 is 21.6 Å². The van der Waals surface area contributed by atoms with E-state index < -0.39 is 34.6 Å². The lowest BCUT2D eigenvalue weighted by molar-refractivity contribution is -0.274. The van der Waals surface area contributed by atoms with Crippen molar-refractivity contribution in [1.29, 1.82) is 0 Å². The summed E-state index contributed by atoms with van der Waals surface area (Å²) in [5, 5.41) is 2.40. The maximum atomic E-state index is 12.5. The first-order valence-electron chi connectivity index (χ1n) is 7.77. The van der Waals surface area contributed by atoms with Gasteiger partial charge < -0.3 is 14.8 Å². The predicted octanol–water partition coefficient (Wildman–Crippen LogP) is 2.85. The summed E-state index contributed by atoms with van der Waals surface area (Å²) in [6, 6.07) is 10.1. The second-order valence-electron chi connectivity index (χ2n) is 5.56. The van der Waals surface area contributed by atoms with Gasteiger partial charge in [-0.25, -0.2) is 8.42 Å². The van der Waals surface area contributed by atoms with Crippen LogP contribution >= 0.6 is 0 Å². The van der Waals surface area contributed by atoms with E-state index in [0.29, 0.717) is 5.75 Å². The van der Waals surface area contributed by atoms with Crippen molar-refractivity contribution in [3.63, 3.8) is 0 Å². The van der Waals surface area contributed by atoms with E-state index in [0.717, 1.165) is 16.4 Å². The number of amides is 1. The lowest BCUT2D eigenvalue weighted by Crippen LogP contribution is -2.34. The molecule has 0 aliphatic rings. The minimum atomic E-state index is -4.82. The molecule has 0 saturated carbocycles. The van der Waals surface area contributed by atoms with Crippen LogP contribution in [0, 0.1) is 0 Å². The first-order chi connectivity index (χ1) is 13.0. The Morgan fingerprint density at radius 1 is 1.04 bits per heavy atom. The van der Waals surface area contributed by atoms with Crippen LogP contribution < -0.4 is 14.8 Å². The van der Waals surface area contributed by atoms with Crippen LogP contribution in [0.5, 0.6) is 11.5 Å². The highest BCUT2D eigenvalue weighted by molar-refractivity contribution is 7.89. The quantitative estimate of drug-likeness (QED) is 0.748. The van der Waals surface area contributed by atoms with Crippen molar-refractivity contribution < 1.29 is 35.9 Å². The summed E-state index contributed by atoms with van der Waals surface area (Å²) in [6.45, 7) is -0.491. The summed E-state index contributed by atoms with van der Waals surface area (Å²) in [5.74, 6) is -0.619. The second-order valence-corrected chi connectivity index (χ2v) is 7.60. The zero-order chi connectivity index (χ0) is 20.9. The number of methoxy groups -OCH3 is 1. The topological polar surface area (TPSA) is 84.9 Å². The Morgan fingerprint density at radius 3 is 2.07 bits per heavy atom. The highest BCUT2D eigenvalue weighted by Gasteiger charge is 2.31. The summed E-state index contributed by atoms with van der Waals surface area (Å²) in [5.41, 5.74) is 0.190. The molecule has 1 N–H and O–H groups in total. The first-order valence-corrected chi connectivity index (χ1v) is 9.21. The van der Waals surface area contributed by atoms with Gasteiger partial charge in [0.05, 0.1) is 18.6 Å². The number of carbonyl (C=O) groups is 1. The van der Waals surface area contributed by atoms with Gasteiger partial charge in [-0.2, -0.15) is 4.31 Å². The van der Waals surface area contributed by atoms with Crippen molar-refractivity contribution in [3.05, 3.63) is 48.5 Å². The third-order valence-corrected chi connectivity index (χ3v) is 5.32. The van der Waals surface area contributed by atoms with Gasteiger partial charge >= 0.3 is 6.36 Å². The minimum Gasteiger partial charge on any atom is -0.497 e. The summed E-state index contributed by atoms with van der Waals surface area (Å²) in [6.07, 6.45) is -4.82. The van der Waals surface area contributed by atoms with E-state index in [9.17, 15) is 26.4 Å². The molecule has 0 aliphatic heterocycles. The predicted molar refractivity (Wildman–Crippen MR) is 94.6 cm³/mol. The molecule has 0 aromatic heterocycles. The van der Waals surface area contributed by atoms with Crippen LogP contribution in [0.15, 0.2) is 53.4 Å². The number of benzene rings is 2. The van der Waals surface area contributed by atoms with E-state index in [4.69, 9.17) is 4.74 Å². The van der Waals surface area contributed by atoms with Gasteiger partial charge in [0.25, 0.3) is 0 Å². The van der Waals surface area contributed by atoms with E-state index in [1.807, 2.05) is 0 Å². The maximum absolute atomic E-state index is 12.5. The number of rotatable bonds is 7. The maximum Gasteiger partial charge on any atom is 0.573 e. The lowest BCUT2D eigenvalue weighted by Gasteiger charge is -2.17. The Morgan fingerprint density at radius 2 is 1.57 bits per heavy atom. The molecular weight excluding hydrogens is 401 g/mol. The molecule has 0 atom stereocenters. The molecule has 152 valence electrons. The molecule has 0 bridgehead atoms. The number of hydrogen-bond donors (Lipinski definition) is 1. The van der Waals surface area contributed by atoms with Crippen LogP contribution in [0.4, 0.5) is 18.9 Å². The summed E-state index contributed by atoms with van der Waals surface area (Å²) in [4.78, 5) is 12.1. The van der Waals surface area contributed by atoms with Crippen LogP contribution in [-0.2, 0) is 14.8 Å². The van der Waals surface area contributed by atoms with Gasteiger partial charge in [0.2, 0.25) is 15.9 Å². The third-order valence-electron chi connectivity index (χ3n) is 3.51. The molecule has 2 aromatic carbocycles. The average molecular weight is 418 g/mol. The number of hydrogen-bond acceptors (Lipinski definition) is 5. The molecule has 0 spiro atoms. The standard InChI is InChI=1S/C17H17F3N2O5S/c1-22(28(24,25)15-9-7-13(26-2)8-10-15)11-16(23)21-12-3-5-14(6-4-12)27-17(18,19)20/h3-10H,11H2,1-2H3,(H,21,23). The monoisotopic (exact) mass is 418 g/mol. The van der Waals surface area contributed by atoms with Crippen molar-refractivity contribution in [1.82, 2.24) is 4.31 Å². The van der Waals surface area contributed by atoms with E-state index in [1.54, 1.807) is 0 Å². The van der Waals surface area contributed by atoms with Gasteiger partial charge in [-0.05, 0) is 48.5 Å². The second kappa shape index (κ2) is 8.48. The van der Waals surface area contributed by atoms with Crippen LogP contribution in [0.25, 0.3) is 0 Å². The molecule has 0 aliphatic carbocycles. The fourth-order valence-electron chi connectivity index (χ4n) is 2.16. The molecule has 28 heavy (non-hydrogen) atoms. The number of nitrogens with zero attached hydrogens (tertiary/aromatic N) is 1. The third kappa shape index (κ3) is 5.86. The Balaban J connectivity index is 1.99. The van der Waals surface area contributed by atoms with Gasteiger partial charge in [-0.3, -0.25) is 4.79 Å².